The normalized spacial score (nSPS) is 24.3. The number of hydrogen-bond donors (Lipinski definition) is 0. The molecule has 2 heterocycles. The minimum Gasteiger partial charge on any atom is -0.347 e. The molecule has 0 radical (unpaired) electrons. The van der Waals surface area contributed by atoms with Crippen LogP contribution in [0.5, 0.6) is 0 Å². The van der Waals surface area contributed by atoms with E-state index in [-0.39, 0.29) is 16.6 Å². The molecule has 130 valence electrons. The summed E-state index contributed by atoms with van der Waals surface area (Å²) in [6, 6.07) is 6.33. The van der Waals surface area contributed by atoms with Crippen molar-refractivity contribution in [2.45, 2.75) is 36.4 Å². The van der Waals surface area contributed by atoms with Gasteiger partial charge in [-0.3, -0.25) is 4.79 Å². The van der Waals surface area contributed by atoms with Crippen molar-refractivity contribution in [1.29, 1.82) is 0 Å². The van der Waals surface area contributed by atoms with Gasteiger partial charge in [-0.15, -0.1) is 0 Å². The third-order valence-corrected chi connectivity index (χ3v) is 6.94. The zero-order valence-electron chi connectivity index (χ0n) is 13.4. The Morgan fingerprint density at radius 3 is 2.17 bits per heavy atom. The van der Waals surface area contributed by atoms with Crippen molar-refractivity contribution in [2.75, 3.05) is 26.3 Å². The van der Waals surface area contributed by atoms with Crippen LogP contribution < -0.4 is 0 Å². The summed E-state index contributed by atoms with van der Waals surface area (Å²) in [5.41, 5.74) is 0.599. The Morgan fingerprint density at radius 1 is 1.04 bits per heavy atom. The van der Waals surface area contributed by atoms with Crippen molar-refractivity contribution < 1.29 is 22.7 Å². The van der Waals surface area contributed by atoms with E-state index in [0.29, 0.717) is 44.7 Å². The molecule has 7 heteroatoms. The van der Waals surface area contributed by atoms with Gasteiger partial charge in [0.25, 0.3) is 0 Å². The van der Waals surface area contributed by atoms with E-state index in [9.17, 15) is 13.2 Å². The summed E-state index contributed by atoms with van der Waals surface area (Å²) in [5.74, 6) is -0.335. The average Bonchev–Trinajstić information content (AvgIpc) is 3.36. The highest BCUT2D eigenvalue weighted by Gasteiger charge is 2.42. The van der Waals surface area contributed by atoms with Crippen LogP contribution in [-0.4, -0.2) is 50.6 Å². The lowest BCUT2D eigenvalue weighted by molar-refractivity contribution is -0.179. The molecule has 0 bridgehead atoms. The number of hydrogen-bond acceptors (Lipinski definition) is 5. The van der Waals surface area contributed by atoms with Crippen molar-refractivity contribution in [3.63, 3.8) is 0 Å². The summed E-state index contributed by atoms with van der Waals surface area (Å²) in [7, 11) is -3.54. The van der Waals surface area contributed by atoms with Crippen LogP contribution in [0.2, 0.25) is 0 Å². The second-order valence-corrected chi connectivity index (χ2v) is 8.61. The summed E-state index contributed by atoms with van der Waals surface area (Å²) in [4.78, 5) is 12.3. The number of ketones is 1. The van der Waals surface area contributed by atoms with Crippen LogP contribution in [-0.2, 0) is 19.5 Å². The van der Waals surface area contributed by atoms with Gasteiger partial charge < -0.3 is 9.47 Å². The highest BCUT2D eigenvalue weighted by atomic mass is 32.2. The molecule has 1 aliphatic carbocycles. The Kier molecular flexibility index (Phi) is 3.99. The Bertz CT molecular complexity index is 723. The first-order valence-corrected chi connectivity index (χ1v) is 9.87. The fraction of sp³-hybridized carbons (Fsp3) is 0.588. The second-order valence-electron chi connectivity index (χ2n) is 6.67. The molecule has 0 amide bonds. The van der Waals surface area contributed by atoms with E-state index in [0.717, 1.165) is 12.8 Å². The van der Waals surface area contributed by atoms with E-state index in [1.807, 2.05) is 0 Å². The number of sulfonamides is 1. The van der Waals surface area contributed by atoms with Crippen molar-refractivity contribution in [3.8, 4) is 0 Å². The maximum atomic E-state index is 12.8. The largest absolute Gasteiger partial charge is 0.347 e. The first kappa shape index (κ1) is 16.2. The van der Waals surface area contributed by atoms with Gasteiger partial charge in [0.1, 0.15) is 0 Å². The smallest absolute Gasteiger partial charge is 0.243 e. The molecule has 1 aromatic rings. The minimum absolute atomic E-state index is 0.120. The lowest BCUT2D eigenvalue weighted by atomic mass is 10.1. The summed E-state index contributed by atoms with van der Waals surface area (Å²) >= 11 is 0. The molecule has 1 aromatic carbocycles. The molecule has 3 fully saturated rings. The maximum absolute atomic E-state index is 12.8. The van der Waals surface area contributed by atoms with Crippen molar-refractivity contribution in [1.82, 2.24) is 4.31 Å². The lowest BCUT2D eigenvalue weighted by Crippen LogP contribution is -2.47. The van der Waals surface area contributed by atoms with E-state index in [1.165, 1.54) is 16.4 Å². The van der Waals surface area contributed by atoms with Crippen LogP contribution in [0.25, 0.3) is 0 Å². The zero-order chi connectivity index (χ0) is 16.8. The molecular formula is C17H21NO5S. The predicted molar refractivity (Wildman–Crippen MR) is 86.1 cm³/mol. The van der Waals surface area contributed by atoms with E-state index in [2.05, 4.69) is 0 Å². The van der Waals surface area contributed by atoms with Gasteiger partial charge in [-0.2, -0.15) is 4.31 Å². The zero-order valence-corrected chi connectivity index (χ0v) is 14.3. The number of carbonyl (C=O) groups is 1. The molecule has 2 saturated heterocycles. The maximum Gasteiger partial charge on any atom is 0.243 e. The number of benzene rings is 1. The molecule has 0 atom stereocenters. The summed E-state index contributed by atoms with van der Waals surface area (Å²) < 4.78 is 38.3. The van der Waals surface area contributed by atoms with Gasteiger partial charge >= 0.3 is 0 Å². The quantitative estimate of drug-likeness (QED) is 0.774. The predicted octanol–water partition coefficient (Wildman–Crippen LogP) is 1.81. The van der Waals surface area contributed by atoms with Crippen molar-refractivity contribution in [3.05, 3.63) is 29.8 Å². The molecule has 4 rings (SSSR count). The van der Waals surface area contributed by atoms with Crippen molar-refractivity contribution >= 4 is 15.8 Å². The highest BCUT2D eigenvalue weighted by molar-refractivity contribution is 7.89. The summed E-state index contributed by atoms with van der Waals surface area (Å²) in [5, 5.41) is 0. The molecule has 3 aliphatic rings. The van der Waals surface area contributed by atoms with Gasteiger partial charge in [-0.05, 0) is 25.0 Å². The minimum atomic E-state index is -3.54. The Balaban J connectivity index is 1.47. The van der Waals surface area contributed by atoms with Gasteiger partial charge in [0.2, 0.25) is 10.0 Å². The molecule has 0 unspecified atom stereocenters. The monoisotopic (exact) mass is 351 g/mol. The summed E-state index contributed by atoms with van der Waals surface area (Å²) in [6.07, 6.45) is 2.98. The van der Waals surface area contributed by atoms with Crippen molar-refractivity contribution in [2.24, 2.45) is 5.92 Å². The molecule has 0 N–H and O–H groups in total. The molecule has 1 saturated carbocycles. The number of rotatable bonds is 4. The van der Waals surface area contributed by atoms with Gasteiger partial charge in [0.15, 0.2) is 11.6 Å². The molecule has 6 nitrogen and oxygen atoms in total. The number of ether oxygens (including phenoxy) is 2. The third kappa shape index (κ3) is 2.90. The fourth-order valence-corrected chi connectivity index (χ4v) is 4.82. The third-order valence-electron chi connectivity index (χ3n) is 5.02. The Hall–Kier alpha value is -1.28. The highest BCUT2D eigenvalue weighted by Crippen LogP contribution is 2.34. The molecule has 2 aliphatic heterocycles. The number of nitrogens with zero attached hydrogens (tertiary/aromatic N) is 1. The van der Waals surface area contributed by atoms with E-state index in [4.69, 9.17) is 9.47 Å². The Morgan fingerprint density at radius 2 is 1.62 bits per heavy atom. The standard InChI is InChI=1S/C17H21NO5S/c19-16(13-1-2-13)14-3-5-15(6-4-14)24(20,21)18-9-7-17(8-10-18)22-11-12-23-17/h3-6,13H,1-2,7-12H2. The first-order valence-electron chi connectivity index (χ1n) is 8.43. The van der Waals surface area contributed by atoms with Gasteiger partial charge in [0, 0.05) is 37.4 Å². The van der Waals surface area contributed by atoms with Crippen LogP contribution in [0.4, 0.5) is 0 Å². The Labute approximate surface area is 141 Å². The van der Waals surface area contributed by atoms with Gasteiger partial charge in [-0.1, -0.05) is 12.1 Å². The fourth-order valence-electron chi connectivity index (χ4n) is 3.37. The van der Waals surface area contributed by atoms with E-state index in [1.54, 1.807) is 12.1 Å². The SMILES string of the molecule is O=C(c1ccc(S(=O)(=O)N2CCC3(CC2)OCCO3)cc1)C1CC1. The molecule has 1 spiro atoms. The van der Waals surface area contributed by atoms with Gasteiger partial charge in [-0.25, -0.2) is 8.42 Å². The summed E-state index contributed by atoms with van der Waals surface area (Å²) in [6.45, 7) is 1.91. The number of Topliss-reactive ketones (excluding diaryl/α,β-unsaturated/α-hetero) is 1. The molecule has 24 heavy (non-hydrogen) atoms. The van der Waals surface area contributed by atoms with E-state index < -0.39 is 15.8 Å². The molecular weight excluding hydrogens is 330 g/mol. The van der Waals surface area contributed by atoms with Crippen LogP contribution in [0.15, 0.2) is 29.2 Å². The number of carbonyl (C=O) groups excluding carboxylic acids is 1. The van der Waals surface area contributed by atoms with Crippen LogP contribution in [0.1, 0.15) is 36.0 Å². The van der Waals surface area contributed by atoms with Crippen LogP contribution in [0, 0.1) is 5.92 Å². The van der Waals surface area contributed by atoms with Gasteiger partial charge in [0.05, 0.1) is 18.1 Å². The van der Waals surface area contributed by atoms with Crippen LogP contribution >= 0.6 is 0 Å². The lowest BCUT2D eigenvalue weighted by Gasteiger charge is -2.36. The number of piperidine rings is 1. The topological polar surface area (TPSA) is 72.9 Å². The molecule has 0 aromatic heterocycles. The van der Waals surface area contributed by atoms with E-state index >= 15 is 0 Å². The second kappa shape index (κ2) is 5.91. The first-order chi connectivity index (χ1) is 11.5. The van der Waals surface area contributed by atoms with Crippen LogP contribution in [0.3, 0.4) is 0 Å². The average molecular weight is 351 g/mol.